The molecule has 2 aliphatic heterocycles. The van der Waals surface area contributed by atoms with Gasteiger partial charge in [-0.05, 0) is 38.0 Å². The van der Waals surface area contributed by atoms with Gasteiger partial charge in [0.05, 0.1) is 5.60 Å². The molecule has 0 aromatic rings. The van der Waals surface area contributed by atoms with Gasteiger partial charge < -0.3 is 10.4 Å². The van der Waals surface area contributed by atoms with Crippen LogP contribution in [0, 0.1) is 5.92 Å². The Balaban J connectivity index is 1.60. The summed E-state index contributed by atoms with van der Waals surface area (Å²) in [6.07, 6.45) is 14.0. The van der Waals surface area contributed by atoms with E-state index in [4.69, 9.17) is 0 Å². The van der Waals surface area contributed by atoms with Crippen molar-refractivity contribution < 1.29 is 5.11 Å². The summed E-state index contributed by atoms with van der Waals surface area (Å²) in [7, 11) is 0. The molecular weight excluding hydrogens is 210 g/mol. The molecule has 3 aliphatic rings. The Kier molecular flexibility index (Phi) is 3.45. The SMILES string of the molecule is OC1(CC2CCCCC2)CC2CCCC(C1)N2. The molecule has 98 valence electrons. The smallest absolute Gasteiger partial charge is 0.0680 e. The van der Waals surface area contributed by atoms with Crippen LogP contribution in [-0.4, -0.2) is 22.8 Å². The van der Waals surface area contributed by atoms with Gasteiger partial charge in [-0.15, -0.1) is 0 Å². The predicted octanol–water partition coefficient (Wildman–Crippen LogP) is 2.99. The van der Waals surface area contributed by atoms with E-state index in [0.29, 0.717) is 12.1 Å². The lowest BCUT2D eigenvalue weighted by molar-refractivity contribution is -0.0513. The minimum atomic E-state index is -0.330. The molecule has 0 spiro atoms. The second kappa shape index (κ2) is 4.89. The van der Waals surface area contributed by atoms with Gasteiger partial charge in [-0.1, -0.05) is 38.5 Å². The molecule has 1 aliphatic carbocycles. The quantitative estimate of drug-likeness (QED) is 0.774. The van der Waals surface area contributed by atoms with Gasteiger partial charge in [-0.3, -0.25) is 0 Å². The zero-order chi connectivity index (χ0) is 11.7. The van der Waals surface area contributed by atoms with E-state index in [-0.39, 0.29) is 5.60 Å². The zero-order valence-corrected chi connectivity index (χ0v) is 11.0. The number of fused-ring (bicyclic) bond motifs is 2. The predicted molar refractivity (Wildman–Crippen MR) is 69.9 cm³/mol. The van der Waals surface area contributed by atoms with Crippen molar-refractivity contribution in [3.63, 3.8) is 0 Å². The number of nitrogens with one attached hydrogen (secondary N) is 1. The van der Waals surface area contributed by atoms with Gasteiger partial charge in [0.25, 0.3) is 0 Å². The fourth-order valence-electron chi connectivity index (χ4n) is 4.53. The van der Waals surface area contributed by atoms with Crippen molar-refractivity contribution in [2.75, 3.05) is 0 Å². The van der Waals surface area contributed by atoms with Gasteiger partial charge in [0, 0.05) is 12.1 Å². The van der Waals surface area contributed by atoms with Crippen molar-refractivity contribution in [1.82, 2.24) is 5.32 Å². The van der Waals surface area contributed by atoms with Crippen LogP contribution in [0.25, 0.3) is 0 Å². The van der Waals surface area contributed by atoms with Crippen LogP contribution in [0.4, 0.5) is 0 Å². The van der Waals surface area contributed by atoms with Crippen LogP contribution in [0.5, 0.6) is 0 Å². The van der Waals surface area contributed by atoms with E-state index in [2.05, 4.69) is 5.32 Å². The molecule has 3 fully saturated rings. The Bertz CT molecular complexity index is 248. The van der Waals surface area contributed by atoms with E-state index in [9.17, 15) is 5.11 Å². The molecule has 2 N–H and O–H groups in total. The van der Waals surface area contributed by atoms with Crippen LogP contribution in [0.2, 0.25) is 0 Å². The molecule has 17 heavy (non-hydrogen) atoms. The first-order valence-corrected chi connectivity index (χ1v) is 7.72. The average Bonchev–Trinajstić information content (AvgIpc) is 2.28. The molecule has 1 saturated carbocycles. The second-order valence-corrected chi connectivity index (χ2v) is 6.83. The van der Waals surface area contributed by atoms with Gasteiger partial charge in [-0.2, -0.15) is 0 Å². The van der Waals surface area contributed by atoms with Crippen molar-refractivity contribution >= 4 is 0 Å². The molecule has 2 heteroatoms. The number of rotatable bonds is 2. The Morgan fingerprint density at radius 2 is 1.53 bits per heavy atom. The standard InChI is InChI=1S/C15H27NO/c17-15(9-12-5-2-1-3-6-12)10-13-7-4-8-14(11-15)16-13/h12-14,16-17H,1-11H2. The van der Waals surface area contributed by atoms with Crippen LogP contribution >= 0.6 is 0 Å². The first kappa shape index (κ1) is 12.0. The Morgan fingerprint density at radius 1 is 0.882 bits per heavy atom. The van der Waals surface area contributed by atoms with E-state index in [1.807, 2.05) is 0 Å². The number of piperidine rings is 2. The highest BCUT2D eigenvalue weighted by Crippen LogP contribution is 2.39. The third kappa shape index (κ3) is 2.85. The fourth-order valence-corrected chi connectivity index (χ4v) is 4.53. The van der Waals surface area contributed by atoms with Crippen molar-refractivity contribution in [1.29, 1.82) is 0 Å². The largest absolute Gasteiger partial charge is 0.390 e. The van der Waals surface area contributed by atoms with Gasteiger partial charge in [0.1, 0.15) is 0 Å². The molecule has 0 amide bonds. The maximum absolute atomic E-state index is 10.9. The molecule has 3 rings (SSSR count). The lowest BCUT2D eigenvalue weighted by Crippen LogP contribution is -2.56. The maximum Gasteiger partial charge on any atom is 0.0680 e. The normalized spacial score (nSPS) is 43.6. The first-order chi connectivity index (χ1) is 8.23. The Hall–Kier alpha value is -0.0800. The van der Waals surface area contributed by atoms with Crippen LogP contribution < -0.4 is 5.32 Å². The third-order valence-electron chi connectivity index (χ3n) is 5.22. The molecule has 0 aromatic carbocycles. The van der Waals surface area contributed by atoms with Crippen LogP contribution in [0.3, 0.4) is 0 Å². The molecule has 2 saturated heterocycles. The molecule has 2 unspecified atom stereocenters. The lowest BCUT2D eigenvalue weighted by Gasteiger charge is -2.46. The summed E-state index contributed by atoms with van der Waals surface area (Å²) < 4.78 is 0. The highest BCUT2D eigenvalue weighted by atomic mass is 16.3. The summed E-state index contributed by atoms with van der Waals surface area (Å²) >= 11 is 0. The highest BCUT2D eigenvalue weighted by molar-refractivity contribution is 4.98. The lowest BCUT2D eigenvalue weighted by atomic mass is 9.71. The first-order valence-electron chi connectivity index (χ1n) is 7.72. The number of aliphatic hydroxyl groups is 1. The summed E-state index contributed by atoms with van der Waals surface area (Å²) in [4.78, 5) is 0. The Labute approximate surface area is 105 Å². The third-order valence-corrected chi connectivity index (χ3v) is 5.22. The molecule has 0 radical (unpaired) electrons. The van der Waals surface area contributed by atoms with Crippen LogP contribution in [-0.2, 0) is 0 Å². The maximum atomic E-state index is 10.9. The highest BCUT2D eigenvalue weighted by Gasteiger charge is 2.41. The molecule has 0 aromatic heterocycles. The summed E-state index contributed by atoms with van der Waals surface area (Å²) in [5, 5.41) is 14.6. The van der Waals surface area contributed by atoms with E-state index in [0.717, 1.165) is 25.2 Å². The van der Waals surface area contributed by atoms with Gasteiger partial charge >= 0.3 is 0 Å². The van der Waals surface area contributed by atoms with E-state index in [1.165, 1.54) is 51.4 Å². The van der Waals surface area contributed by atoms with E-state index in [1.54, 1.807) is 0 Å². The van der Waals surface area contributed by atoms with Crippen molar-refractivity contribution in [2.24, 2.45) is 5.92 Å². The average molecular weight is 237 g/mol. The fraction of sp³-hybridized carbons (Fsp3) is 1.00. The second-order valence-electron chi connectivity index (χ2n) is 6.83. The zero-order valence-electron chi connectivity index (χ0n) is 11.0. The van der Waals surface area contributed by atoms with Gasteiger partial charge in [0.15, 0.2) is 0 Å². The summed E-state index contributed by atoms with van der Waals surface area (Å²) in [5.41, 5.74) is -0.330. The van der Waals surface area contributed by atoms with Gasteiger partial charge in [0.2, 0.25) is 0 Å². The van der Waals surface area contributed by atoms with E-state index < -0.39 is 0 Å². The van der Waals surface area contributed by atoms with Crippen molar-refractivity contribution in [2.45, 2.75) is 88.3 Å². The summed E-state index contributed by atoms with van der Waals surface area (Å²) in [6.45, 7) is 0. The molecule has 2 atom stereocenters. The topological polar surface area (TPSA) is 32.3 Å². The Morgan fingerprint density at radius 3 is 2.18 bits per heavy atom. The minimum absolute atomic E-state index is 0.330. The summed E-state index contributed by atoms with van der Waals surface area (Å²) in [5.74, 6) is 0.813. The molecule has 2 heterocycles. The van der Waals surface area contributed by atoms with Crippen LogP contribution in [0.1, 0.15) is 70.6 Å². The minimum Gasteiger partial charge on any atom is -0.390 e. The summed E-state index contributed by atoms with van der Waals surface area (Å²) in [6, 6.07) is 1.21. The number of hydrogen-bond donors (Lipinski definition) is 2. The number of hydrogen-bond acceptors (Lipinski definition) is 2. The molecular formula is C15H27NO. The van der Waals surface area contributed by atoms with Crippen LogP contribution in [0.15, 0.2) is 0 Å². The molecule has 2 bridgehead atoms. The van der Waals surface area contributed by atoms with Crippen molar-refractivity contribution in [3.8, 4) is 0 Å². The van der Waals surface area contributed by atoms with Crippen molar-refractivity contribution in [3.05, 3.63) is 0 Å². The monoisotopic (exact) mass is 237 g/mol. The van der Waals surface area contributed by atoms with Gasteiger partial charge in [-0.25, -0.2) is 0 Å². The molecule has 2 nitrogen and oxygen atoms in total. The van der Waals surface area contributed by atoms with E-state index >= 15 is 0 Å².